The number of nitrogens with one attached hydrogen (secondary N) is 2. The van der Waals surface area contributed by atoms with Gasteiger partial charge in [-0.05, 0) is 73.8 Å². The number of anilines is 1. The van der Waals surface area contributed by atoms with Crippen LogP contribution in [0.5, 0.6) is 5.88 Å². The number of carbonyl (C=O) groups is 1. The SMILES string of the molecule is COc1cc(-c2ccc3c(c2NC(=O)NS(=O)(=O)c2ccc(CN(C)C)cc2)CCC3)ccn1. The number of nitrogens with zero attached hydrogens (tertiary/aromatic N) is 2. The Morgan fingerprint density at radius 3 is 2.56 bits per heavy atom. The van der Waals surface area contributed by atoms with E-state index in [4.69, 9.17) is 4.74 Å². The Balaban J connectivity index is 1.60. The van der Waals surface area contributed by atoms with Gasteiger partial charge in [0.15, 0.2) is 0 Å². The minimum atomic E-state index is -4.03. The number of aromatic nitrogens is 1. The molecular weight excluding hydrogens is 452 g/mol. The number of pyridine rings is 1. The number of amides is 2. The number of urea groups is 1. The van der Waals surface area contributed by atoms with Crippen LogP contribution in [0.15, 0.2) is 59.6 Å². The van der Waals surface area contributed by atoms with E-state index in [1.54, 1.807) is 31.5 Å². The molecule has 0 atom stereocenters. The molecule has 34 heavy (non-hydrogen) atoms. The third-order valence-electron chi connectivity index (χ3n) is 5.74. The zero-order valence-electron chi connectivity index (χ0n) is 19.5. The van der Waals surface area contributed by atoms with Crippen LogP contribution in [0.4, 0.5) is 10.5 Å². The van der Waals surface area contributed by atoms with E-state index in [-0.39, 0.29) is 4.90 Å². The van der Waals surface area contributed by atoms with Gasteiger partial charge in [0.25, 0.3) is 10.0 Å². The molecule has 0 spiro atoms. The van der Waals surface area contributed by atoms with Crippen molar-refractivity contribution in [3.63, 3.8) is 0 Å². The number of sulfonamides is 1. The largest absolute Gasteiger partial charge is 0.481 e. The Bertz CT molecular complexity index is 1300. The Labute approximate surface area is 200 Å². The fourth-order valence-electron chi connectivity index (χ4n) is 4.20. The van der Waals surface area contributed by atoms with Crippen LogP contribution >= 0.6 is 0 Å². The molecule has 0 saturated heterocycles. The molecule has 0 aliphatic heterocycles. The van der Waals surface area contributed by atoms with Gasteiger partial charge in [0, 0.05) is 24.4 Å². The maximum absolute atomic E-state index is 12.9. The highest BCUT2D eigenvalue weighted by Crippen LogP contribution is 2.38. The summed E-state index contributed by atoms with van der Waals surface area (Å²) in [7, 11) is 1.38. The van der Waals surface area contributed by atoms with Gasteiger partial charge in [0.2, 0.25) is 5.88 Å². The smallest absolute Gasteiger partial charge is 0.333 e. The highest BCUT2D eigenvalue weighted by atomic mass is 32.2. The number of fused-ring (bicyclic) bond motifs is 1. The van der Waals surface area contributed by atoms with Crippen LogP contribution < -0.4 is 14.8 Å². The summed E-state index contributed by atoms with van der Waals surface area (Å²) in [4.78, 5) is 19.0. The average molecular weight is 481 g/mol. The maximum atomic E-state index is 12.9. The number of aryl methyl sites for hydroxylation is 1. The Hall–Kier alpha value is -3.43. The lowest BCUT2D eigenvalue weighted by atomic mass is 9.98. The molecule has 0 saturated carbocycles. The highest BCUT2D eigenvalue weighted by molar-refractivity contribution is 7.90. The summed E-state index contributed by atoms with van der Waals surface area (Å²) >= 11 is 0. The minimum Gasteiger partial charge on any atom is -0.481 e. The van der Waals surface area contributed by atoms with Crippen molar-refractivity contribution in [1.29, 1.82) is 0 Å². The van der Waals surface area contributed by atoms with E-state index < -0.39 is 16.1 Å². The molecule has 0 radical (unpaired) electrons. The highest BCUT2D eigenvalue weighted by Gasteiger charge is 2.23. The lowest BCUT2D eigenvalue weighted by Gasteiger charge is -2.17. The van der Waals surface area contributed by atoms with Crippen molar-refractivity contribution in [3.05, 3.63) is 71.4 Å². The Morgan fingerprint density at radius 1 is 1.09 bits per heavy atom. The van der Waals surface area contributed by atoms with Crippen LogP contribution in [0.25, 0.3) is 11.1 Å². The van der Waals surface area contributed by atoms with Gasteiger partial charge in [-0.25, -0.2) is 22.9 Å². The predicted octanol–water partition coefficient (Wildman–Crippen LogP) is 3.82. The van der Waals surface area contributed by atoms with Crippen molar-refractivity contribution < 1.29 is 17.9 Å². The molecule has 1 aliphatic rings. The van der Waals surface area contributed by atoms with Gasteiger partial charge in [0.1, 0.15) is 0 Å². The van der Waals surface area contributed by atoms with Crippen molar-refractivity contribution in [1.82, 2.24) is 14.6 Å². The molecule has 0 unspecified atom stereocenters. The molecule has 1 aliphatic carbocycles. The molecule has 2 aromatic carbocycles. The minimum absolute atomic E-state index is 0.0301. The number of hydrogen-bond donors (Lipinski definition) is 2. The number of benzene rings is 2. The molecule has 2 amide bonds. The first-order valence-corrected chi connectivity index (χ1v) is 12.5. The van der Waals surface area contributed by atoms with E-state index in [1.807, 2.05) is 31.1 Å². The van der Waals surface area contributed by atoms with Crippen LogP contribution in [0, 0.1) is 0 Å². The van der Waals surface area contributed by atoms with Gasteiger partial charge in [-0.2, -0.15) is 0 Å². The van der Waals surface area contributed by atoms with E-state index in [9.17, 15) is 13.2 Å². The summed E-state index contributed by atoms with van der Waals surface area (Å²) in [5.41, 5.74) is 5.36. The van der Waals surface area contributed by atoms with E-state index in [2.05, 4.69) is 21.1 Å². The lowest BCUT2D eigenvalue weighted by Crippen LogP contribution is -2.34. The normalized spacial score (nSPS) is 12.9. The molecular formula is C25H28N4O4S. The summed E-state index contributed by atoms with van der Waals surface area (Å²) in [6, 6.07) is 13.3. The second kappa shape index (κ2) is 9.82. The van der Waals surface area contributed by atoms with Crippen LogP contribution in [0.2, 0.25) is 0 Å². The third kappa shape index (κ3) is 5.21. The first-order chi connectivity index (χ1) is 16.3. The standard InChI is InChI=1S/C25H28N4O4S/c1-29(2)16-17-7-10-20(11-8-17)34(31,32)28-25(30)27-24-21-6-4-5-18(21)9-12-22(24)19-13-14-26-23(15-19)33-3/h7-15H,4-6,16H2,1-3H3,(H2,27,28,30). The van der Waals surface area contributed by atoms with Crippen molar-refractivity contribution >= 4 is 21.7 Å². The number of hydrogen-bond acceptors (Lipinski definition) is 6. The quantitative estimate of drug-likeness (QED) is 0.533. The van der Waals surface area contributed by atoms with Crippen molar-refractivity contribution in [2.75, 3.05) is 26.5 Å². The monoisotopic (exact) mass is 480 g/mol. The average Bonchev–Trinajstić information content (AvgIpc) is 3.28. The Kier molecular flexibility index (Phi) is 6.85. The molecule has 2 N–H and O–H groups in total. The molecule has 8 nitrogen and oxygen atoms in total. The molecule has 0 bridgehead atoms. The van der Waals surface area contributed by atoms with Gasteiger partial charge in [0.05, 0.1) is 17.7 Å². The summed E-state index contributed by atoms with van der Waals surface area (Å²) in [5.74, 6) is 0.452. The van der Waals surface area contributed by atoms with Crippen LogP contribution in [0.1, 0.15) is 23.1 Å². The van der Waals surface area contributed by atoms with Crippen molar-refractivity contribution in [2.24, 2.45) is 0 Å². The first-order valence-electron chi connectivity index (χ1n) is 11.0. The fourth-order valence-corrected chi connectivity index (χ4v) is 5.10. The van der Waals surface area contributed by atoms with E-state index in [0.29, 0.717) is 18.1 Å². The number of methoxy groups -OCH3 is 1. The second-order valence-corrected chi connectivity index (χ2v) is 10.2. The summed E-state index contributed by atoms with van der Waals surface area (Å²) < 4.78 is 33.1. The Morgan fingerprint density at radius 2 is 1.85 bits per heavy atom. The molecule has 0 fully saturated rings. The zero-order valence-corrected chi connectivity index (χ0v) is 20.3. The predicted molar refractivity (Wildman–Crippen MR) is 131 cm³/mol. The number of ether oxygens (including phenoxy) is 1. The van der Waals surface area contributed by atoms with Gasteiger partial charge < -0.3 is 15.0 Å². The third-order valence-corrected chi connectivity index (χ3v) is 7.08. The molecule has 4 rings (SSSR count). The fraction of sp³-hybridized carbons (Fsp3) is 0.280. The summed E-state index contributed by atoms with van der Waals surface area (Å²) in [6.07, 6.45) is 4.34. The number of rotatable bonds is 7. The van der Waals surface area contributed by atoms with E-state index in [0.717, 1.165) is 47.1 Å². The molecule has 3 aromatic rings. The topological polar surface area (TPSA) is 101 Å². The van der Waals surface area contributed by atoms with Crippen LogP contribution in [0.3, 0.4) is 0 Å². The van der Waals surface area contributed by atoms with Gasteiger partial charge >= 0.3 is 6.03 Å². The van der Waals surface area contributed by atoms with Crippen LogP contribution in [-0.4, -0.2) is 45.5 Å². The van der Waals surface area contributed by atoms with Crippen molar-refractivity contribution in [3.8, 4) is 17.0 Å². The van der Waals surface area contributed by atoms with Crippen molar-refractivity contribution in [2.45, 2.75) is 30.7 Å². The molecule has 178 valence electrons. The second-order valence-electron chi connectivity index (χ2n) is 8.51. The zero-order chi connectivity index (χ0) is 24.3. The van der Waals surface area contributed by atoms with Gasteiger partial charge in [-0.15, -0.1) is 0 Å². The molecule has 1 aromatic heterocycles. The summed E-state index contributed by atoms with van der Waals surface area (Å²) in [5, 5.41) is 2.81. The molecule has 1 heterocycles. The van der Waals surface area contributed by atoms with E-state index >= 15 is 0 Å². The first kappa shape index (κ1) is 23.7. The van der Waals surface area contributed by atoms with Gasteiger partial charge in [-0.3, -0.25) is 0 Å². The lowest BCUT2D eigenvalue weighted by molar-refractivity contribution is 0.256. The summed E-state index contributed by atoms with van der Waals surface area (Å²) in [6.45, 7) is 0.690. The maximum Gasteiger partial charge on any atom is 0.333 e. The number of carbonyl (C=O) groups excluding carboxylic acids is 1. The van der Waals surface area contributed by atoms with Crippen LogP contribution in [-0.2, 0) is 29.4 Å². The van der Waals surface area contributed by atoms with Gasteiger partial charge in [-0.1, -0.05) is 24.3 Å². The van der Waals surface area contributed by atoms with E-state index in [1.165, 1.54) is 12.1 Å². The molecule has 9 heteroatoms.